The van der Waals surface area contributed by atoms with Crippen LogP contribution in [0.15, 0.2) is 29.2 Å². The van der Waals surface area contributed by atoms with Gasteiger partial charge in [-0.25, -0.2) is 0 Å². The molecule has 1 N–H and O–H groups in total. The van der Waals surface area contributed by atoms with Crippen molar-refractivity contribution in [3.8, 4) is 0 Å². The van der Waals surface area contributed by atoms with Crippen LogP contribution in [-0.4, -0.2) is 67.1 Å². The maximum Gasteiger partial charge on any atom is 0.252 e. The number of amides is 2. The topological polar surface area (TPSA) is 52.7 Å². The summed E-state index contributed by atoms with van der Waals surface area (Å²) in [5.41, 5.74) is 0.662. The highest BCUT2D eigenvalue weighted by atomic mass is 32.2. The number of hydrogen-bond acceptors (Lipinski definition) is 4. The van der Waals surface area contributed by atoms with Gasteiger partial charge >= 0.3 is 0 Å². The van der Waals surface area contributed by atoms with E-state index in [-0.39, 0.29) is 17.9 Å². The molecule has 1 aromatic rings. The largest absolute Gasteiger partial charge is 0.349 e. The zero-order valence-corrected chi connectivity index (χ0v) is 16.3. The number of rotatable bonds is 7. The summed E-state index contributed by atoms with van der Waals surface area (Å²) >= 11 is 1.42. The highest BCUT2D eigenvalue weighted by Crippen LogP contribution is 2.23. The average molecular weight is 364 g/mol. The second-order valence-corrected chi connectivity index (χ2v) is 7.68. The fourth-order valence-corrected chi connectivity index (χ4v) is 3.96. The van der Waals surface area contributed by atoms with Crippen molar-refractivity contribution in [2.75, 3.05) is 39.5 Å². The molecule has 0 radical (unpaired) electrons. The molecule has 6 heteroatoms. The Morgan fingerprint density at radius 1 is 1.24 bits per heavy atom. The van der Waals surface area contributed by atoms with E-state index < -0.39 is 0 Å². The quantitative estimate of drug-likeness (QED) is 0.756. The van der Waals surface area contributed by atoms with Gasteiger partial charge in [0.2, 0.25) is 5.91 Å². The third-order valence-corrected chi connectivity index (χ3v) is 5.50. The van der Waals surface area contributed by atoms with E-state index in [4.69, 9.17) is 0 Å². The van der Waals surface area contributed by atoms with Gasteiger partial charge in [-0.15, -0.1) is 11.8 Å². The van der Waals surface area contributed by atoms with Crippen LogP contribution in [0, 0.1) is 0 Å². The monoisotopic (exact) mass is 363 g/mol. The molecule has 0 aliphatic carbocycles. The van der Waals surface area contributed by atoms with Gasteiger partial charge in [0.15, 0.2) is 0 Å². The zero-order valence-electron chi connectivity index (χ0n) is 15.5. The Kier molecular flexibility index (Phi) is 7.78. The molecule has 0 atom stereocenters. The zero-order chi connectivity index (χ0) is 18.2. The normalized spacial score (nSPS) is 15.8. The summed E-state index contributed by atoms with van der Waals surface area (Å²) in [7, 11) is 3.48. The van der Waals surface area contributed by atoms with Gasteiger partial charge in [0.1, 0.15) is 0 Å². The summed E-state index contributed by atoms with van der Waals surface area (Å²) in [5, 5.41) is 3.17. The number of benzene rings is 1. The predicted molar refractivity (Wildman–Crippen MR) is 103 cm³/mol. The molecule has 0 saturated carbocycles. The number of nitrogens with zero attached hydrogens (tertiary/aromatic N) is 2. The number of carbonyl (C=O) groups excluding carboxylic acids is 2. The lowest BCUT2D eigenvalue weighted by molar-refractivity contribution is -0.125. The van der Waals surface area contributed by atoms with E-state index in [1.54, 1.807) is 19.0 Å². The maximum absolute atomic E-state index is 12.7. The Bertz CT molecular complexity index is 584. The Labute approximate surface area is 155 Å². The molecular formula is C19H29N3O2S. The molecule has 1 fully saturated rings. The second kappa shape index (κ2) is 9.82. The van der Waals surface area contributed by atoms with Crippen LogP contribution in [0.25, 0.3) is 0 Å². The molecule has 0 aromatic heterocycles. The number of carbonyl (C=O) groups is 2. The fraction of sp³-hybridized carbons (Fsp3) is 0.579. The minimum atomic E-state index is -0.0330. The van der Waals surface area contributed by atoms with Crippen LogP contribution >= 0.6 is 11.8 Å². The second-order valence-electron chi connectivity index (χ2n) is 6.66. The molecule has 1 aliphatic heterocycles. The smallest absolute Gasteiger partial charge is 0.252 e. The summed E-state index contributed by atoms with van der Waals surface area (Å²) in [4.78, 5) is 29.4. The minimum absolute atomic E-state index is 0.0330. The van der Waals surface area contributed by atoms with Gasteiger partial charge < -0.3 is 15.1 Å². The van der Waals surface area contributed by atoms with Gasteiger partial charge in [-0.3, -0.25) is 9.59 Å². The highest BCUT2D eigenvalue weighted by molar-refractivity contribution is 8.00. The van der Waals surface area contributed by atoms with Gasteiger partial charge in [0.05, 0.1) is 11.3 Å². The molecule has 1 heterocycles. The molecule has 5 nitrogen and oxygen atoms in total. The van der Waals surface area contributed by atoms with Crippen LogP contribution in [0.3, 0.4) is 0 Å². The van der Waals surface area contributed by atoms with E-state index >= 15 is 0 Å². The van der Waals surface area contributed by atoms with Crippen molar-refractivity contribution in [3.05, 3.63) is 29.8 Å². The molecule has 2 rings (SSSR count). The van der Waals surface area contributed by atoms with Gasteiger partial charge in [-0.1, -0.05) is 19.1 Å². The number of likely N-dealkylation sites (tertiary alicyclic amines) is 1. The molecule has 0 unspecified atom stereocenters. The third-order valence-electron chi connectivity index (χ3n) is 4.44. The van der Waals surface area contributed by atoms with Crippen molar-refractivity contribution < 1.29 is 9.59 Å². The molecule has 138 valence electrons. The molecule has 1 saturated heterocycles. The van der Waals surface area contributed by atoms with Crippen molar-refractivity contribution in [1.82, 2.24) is 15.1 Å². The van der Waals surface area contributed by atoms with E-state index in [1.165, 1.54) is 18.2 Å². The first kappa shape index (κ1) is 19.8. The third kappa shape index (κ3) is 6.04. The predicted octanol–water partition coefficient (Wildman–Crippen LogP) is 2.47. The van der Waals surface area contributed by atoms with E-state index in [2.05, 4.69) is 17.1 Å². The Balaban J connectivity index is 1.92. The van der Waals surface area contributed by atoms with Crippen LogP contribution in [0.5, 0.6) is 0 Å². The first-order valence-corrected chi connectivity index (χ1v) is 9.95. The van der Waals surface area contributed by atoms with Crippen molar-refractivity contribution in [3.63, 3.8) is 0 Å². The fourth-order valence-electron chi connectivity index (χ4n) is 2.93. The molecule has 0 spiro atoms. The maximum atomic E-state index is 12.7. The summed E-state index contributed by atoms with van der Waals surface area (Å²) in [5.74, 6) is 0.352. The number of hydrogen-bond donors (Lipinski definition) is 1. The highest BCUT2D eigenvalue weighted by Gasteiger charge is 2.22. The van der Waals surface area contributed by atoms with E-state index in [0.29, 0.717) is 11.3 Å². The number of thioether (sulfide) groups is 1. The number of nitrogens with one attached hydrogen (secondary N) is 1. The molecule has 1 aliphatic rings. The molecule has 25 heavy (non-hydrogen) atoms. The first-order chi connectivity index (χ1) is 12.0. The van der Waals surface area contributed by atoms with Crippen molar-refractivity contribution in [2.45, 2.75) is 37.1 Å². The minimum Gasteiger partial charge on any atom is -0.349 e. The van der Waals surface area contributed by atoms with Crippen LogP contribution in [0.1, 0.15) is 36.5 Å². The molecule has 0 bridgehead atoms. The summed E-state index contributed by atoms with van der Waals surface area (Å²) < 4.78 is 0. The SMILES string of the molecule is CCCN1CCC(NC(=O)c2ccccc2SCC(=O)N(C)C)CC1. The summed E-state index contributed by atoms with van der Waals surface area (Å²) in [6, 6.07) is 7.76. The van der Waals surface area contributed by atoms with E-state index in [0.717, 1.165) is 37.4 Å². The van der Waals surface area contributed by atoms with E-state index in [1.807, 2.05) is 24.3 Å². The summed E-state index contributed by atoms with van der Waals surface area (Å²) in [6.45, 7) is 5.43. The van der Waals surface area contributed by atoms with E-state index in [9.17, 15) is 9.59 Å². The van der Waals surface area contributed by atoms with Crippen LogP contribution in [0.4, 0.5) is 0 Å². The lowest BCUT2D eigenvalue weighted by Crippen LogP contribution is -2.44. The Hall–Kier alpha value is -1.53. The first-order valence-electron chi connectivity index (χ1n) is 8.96. The molecule has 2 amide bonds. The van der Waals surface area contributed by atoms with Gasteiger partial charge in [0, 0.05) is 38.1 Å². The lowest BCUT2D eigenvalue weighted by atomic mass is 10.0. The number of piperidine rings is 1. The van der Waals surface area contributed by atoms with Gasteiger partial charge in [-0.2, -0.15) is 0 Å². The lowest BCUT2D eigenvalue weighted by Gasteiger charge is -2.32. The van der Waals surface area contributed by atoms with Crippen LogP contribution < -0.4 is 5.32 Å². The Morgan fingerprint density at radius 3 is 2.56 bits per heavy atom. The van der Waals surface area contributed by atoms with Crippen molar-refractivity contribution in [1.29, 1.82) is 0 Å². The van der Waals surface area contributed by atoms with Crippen LogP contribution in [0.2, 0.25) is 0 Å². The van der Waals surface area contributed by atoms with Crippen LogP contribution in [-0.2, 0) is 4.79 Å². The van der Waals surface area contributed by atoms with Gasteiger partial charge in [-0.05, 0) is 37.9 Å². The summed E-state index contributed by atoms with van der Waals surface area (Å²) in [6.07, 6.45) is 3.17. The van der Waals surface area contributed by atoms with Crippen molar-refractivity contribution in [2.24, 2.45) is 0 Å². The molecular weight excluding hydrogens is 334 g/mol. The standard InChI is InChI=1S/C19H29N3O2S/c1-4-11-22-12-9-15(10-13-22)20-19(24)16-7-5-6-8-17(16)25-14-18(23)21(2)3/h5-8,15H,4,9-14H2,1-3H3,(H,20,24). The van der Waals surface area contributed by atoms with Gasteiger partial charge in [0.25, 0.3) is 5.91 Å². The molecule has 1 aromatic carbocycles. The Morgan fingerprint density at radius 2 is 1.92 bits per heavy atom. The van der Waals surface area contributed by atoms with Crippen molar-refractivity contribution >= 4 is 23.6 Å². The average Bonchev–Trinajstić information content (AvgIpc) is 2.61.